The topological polar surface area (TPSA) is 48.5 Å². The first-order valence-corrected chi connectivity index (χ1v) is 13.1. The Kier molecular flexibility index (Phi) is 7.26. The lowest BCUT2D eigenvalue weighted by molar-refractivity contribution is -0.138. The Bertz CT molecular complexity index is 1250. The number of pyridine rings is 1. The number of rotatable bonds is 5. The minimum Gasteiger partial charge on any atom is -0.384 e. The fraction of sp³-hybridized carbons (Fsp3) is 0.448. The van der Waals surface area contributed by atoms with E-state index < -0.39 is 11.7 Å². The summed E-state index contributed by atoms with van der Waals surface area (Å²) in [6, 6.07) is 13.9. The van der Waals surface area contributed by atoms with Crippen molar-refractivity contribution in [2.45, 2.75) is 38.8 Å². The number of benzene rings is 2. The van der Waals surface area contributed by atoms with Gasteiger partial charge in [-0.15, -0.1) is 0 Å². The normalized spacial score (nSPS) is 20.8. The number of alkyl halides is 3. The highest BCUT2D eigenvalue weighted by Crippen LogP contribution is 2.34. The molecule has 196 valence electrons. The number of nitrogens with one attached hydrogen (secondary N) is 1. The van der Waals surface area contributed by atoms with Gasteiger partial charge in [-0.1, -0.05) is 24.3 Å². The molecule has 5 rings (SSSR count). The van der Waals surface area contributed by atoms with Crippen LogP contribution in [0.5, 0.6) is 0 Å². The highest BCUT2D eigenvalue weighted by Gasteiger charge is 2.32. The SMILES string of the molecule is Cc1ccccc1N1CCN(C(=O)C2CCC(CNc3ccnc4cc(C(F)(F)F)ccc34)CC2)CC1. The van der Waals surface area contributed by atoms with Gasteiger partial charge in [0.05, 0.1) is 11.1 Å². The molecule has 2 aromatic carbocycles. The van der Waals surface area contributed by atoms with Gasteiger partial charge < -0.3 is 15.1 Å². The zero-order valence-corrected chi connectivity index (χ0v) is 21.1. The number of aryl methyl sites for hydroxylation is 1. The zero-order valence-electron chi connectivity index (χ0n) is 21.1. The Balaban J connectivity index is 1.11. The number of amides is 1. The van der Waals surface area contributed by atoms with Crippen LogP contribution in [0.25, 0.3) is 10.9 Å². The molecule has 8 heteroatoms. The molecule has 1 saturated carbocycles. The lowest BCUT2D eigenvalue weighted by Crippen LogP contribution is -2.51. The van der Waals surface area contributed by atoms with Gasteiger partial charge in [-0.2, -0.15) is 13.2 Å². The van der Waals surface area contributed by atoms with Gasteiger partial charge in [0, 0.05) is 61.6 Å². The van der Waals surface area contributed by atoms with Crippen molar-refractivity contribution in [3.63, 3.8) is 0 Å². The van der Waals surface area contributed by atoms with E-state index in [1.54, 1.807) is 12.3 Å². The minimum absolute atomic E-state index is 0.0869. The second kappa shape index (κ2) is 10.6. The number of piperazine rings is 1. The van der Waals surface area contributed by atoms with Crippen LogP contribution in [0.4, 0.5) is 24.5 Å². The van der Waals surface area contributed by atoms with Crippen molar-refractivity contribution in [1.82, 2.24) is 9.88 Å². The van der Waals surface area contributed by atoms with Crippen LogP contribution < -0.4 is 10.2 Å². The molecule has 1 aliphatic carbocycles. The van der Waals surface area contributed by atoms with E-state index in [0.717, 1.165) is 76.2 Å². The van der Waals surface area contributed by atoms with Crippen molar-refractivity contribution in [2.24, 2.45) is 11.8 Å². The van der Waals surface area contributed by atoms with Crippen molar-refractivity contribution in [3.8, 4) is 0 Å². The van der Waals surface area contributed by atoms with E-state index in [2.05, 4.69) is 46.4 Å². The Hall–Kier alpha value is -3.29. The average Bonchev–Trinajstić information content (AvgIpc) is 2.91. The maximum absolute atomic E-state index is 13.2. The second-order valence-electron chi connectivity index (χ2n) is 10.3. The first-order valence-electron chi connectivity index (χ1n) is 13.1. The van der Waals surface area contributed by atoms with Crippen molar-refractivity contribution >= 4 is 28.2 Å². The van der Waals surface area contributed by atoms with Gasteiger partial charge in [0.15, 0.2) is 0 Å². The summed E-state index contributed by atoms with van der Waals surface area (Å²) in [5, 5.41) is 4.11. The quantitative estimate of drug-likeness (QED) is 0.449. The maximum Gasteiger partial charge on any atom is 0.416 e. The number of halogens is 3. The molecule has 0 spiro atoms. The number of anilines is 2. The standard InChI is InChI=1S/C29H33F3N4O/c1-20-4-2-3-5-27(20)35-14-16-36(17-15-35)28(37)22-8-6-21(7-9-22)19-34-25-12-13-33-26-18-23(29(30,31)32)10-11-24(25)26/h2-5,10-13,18,21-22H,6-9,14-17,19H2,1H3,(H,33,34). The Morgan fingerprint density at radius 1 is 1.00 bits per heavy atom. The van der Waals surface area contributed by atoms with Crippen molar-refractivity contribution in [2.75, 3.05) is 42.9 Å². The van der Waals surface area contributed by atoms with Crippen LogP contribution >= 0.6 is 0 Å². The number of aromatic nitrogens is 1. The smallest absolute Gasteiger partial charge is 0.384 e. The highest BCUT2D eigenvalue weighted by atomic mass is 19.4. The molecule has 2 fully saturated rings. The van der Waals surface area contributed by atoms with Crippen LogP contribution in [0.15, 0.2) is 54.7 Å². The summed E-state index contributed by atoms with van der Waals surface area (Å²) >= 11 is 0. The fourth-order valence-electron chi connectivity index (χ4n) is 5.69. The summed E-state index contributed by atoms with van der Waals surface area (Å²) in [7, 11) is 0. The molecule has 0 bridgehead atoms. The lowest BCUT2D eigenvalue weighted by Gasteiger charge is -2.39. The van der Waals surface area contributed by atoms with Gasteiger partial charge in [-0.05, 0) is 68.4 Å². The number of fused-ring (bicyclic) bond motifs is 1. The van der Waals surface area contributed by atoms with E-state index in [9.17, 15) is 18.0 Å². The molecular weight excluding hydrogens is 477 g/mol. The first kappa shape index (κ1) is 25.4. The highest BCUT2D eigenvalue weighted by molar-refractivity contribution is 5.91. The Labute approximate surface area is 215 Å². The van der Waals surface area contributed by atoms with E-state index in [1.807, 2.05) is 4.90 Å². The summed E-state index contributed by atoms with van der Waals surface area (Å²) in [6.45, 7) is 6.11. The minimum atomic E-state index is -4.39. The van der Waals surface area contributed by atoms with Crippen LogP contribution in [-0.4, -0.2) is 48.5 Å². The molecule has 3 aromatic rings. The molecule has 1 aromatic heterocycles. The molecule has 1 saturated heterocycles. The second-order valence-corrected chi connectivity index (χ2v) is 10.3. The van der Waals surface area contributed by atoms with Crippen molar-refractivity contribution in [1.29, 1.82) is 0 Å². The summed E-state index contributed by atoms with van der Waals surface area (Å²) < 4.78 is 39.1. The zero-order chi connectivity index (χ0) is 26.0. The third-order valence-electron chi connectivity index (χ3n) is 7.89. The van der Waals surface area contributed by atoms with Crippen LogP contribution in [0, 0.1) is 18.8 Å². The maximum atomic E-state index is 13.2. The van der Waals surface area contributed by atoms with Crippen LogP contribution in [0.2, 0.25) is 0 Å². The number of para-hydroxylation sites is 1. The van der Waals surface area contributed by atoms with Crippen LogP contribution in [0.1, 0.15) is 36.8 Å². The molecule has 1 aliphatic heterocycles. The first-order chi connectivity index (χ1) is 17.8. The monoisotopic (exact) mass is 510 g/mol. The molecule has 1 amide bonds. The van der Waals surface area contributed by atoms with Gasteiger partial charge in [0.25, 0.3) is 0 Å². The number of carbonyl (C=O) groups excluding carboxylic acids is 1. The number of hydrogen-bond acceptors (Lipinski definition) is 4. The number of nitrogens with zero attached hydrogens (tertiary/aromatic N) is 3. The molecule has 2 aliphatic rings. The summed E-state index contributed by atoms with van der Waals surface area (Å²) in [5.41, 5.74) is 2.95. The predicted molar refractivity (Wildman–Crippen MR) is 141 cm³/mol. The fourth-order valence-corrected chi connectivity index (χ4v) is 5.69. The molecule has 2 heterocycles. The van der Waals surface area contributed by atoms with Crippen molar-refractivity contribution < 1.29 is 18.0 Å². The van der Waals surface area contributed by atoms with E-state index in [4.69, 9.17) is 0 Å². The summed E-state index contributed by atoms with van der Waals surface area (Å²) in [4.78, 5) is 21.7. The van der Waals surface area contributed by atoms with Crippen molar-refractivity contribution in [3.05, 3.63) is 65.9 Å². The summed E-state index contributed by atoms with van der Waals surface area (Å²) in [6.07, 6.45) is 0.856. The molecule has 5 nitrogen and oxygen atoms in total. The molecule has 0 radical (unpaired) electrons. The predicted octanol–water partition coefficient (Wildman–Crippen LogP) is 6.13. The molecule has 37 heavy (non-hydrogen) atoms. The van der Waals surface area contributed by atoms with Gasteiger partial charge in [0.1, 0.15) is 0 Å². The largest absolute Gasteiger partial charge is 0.416 e. The average molecular weight is 511 g/mol. The van der Waals surface area contributed by atoms with Crippen LogP contribution in [0.3, 0.4) is 0 Å². The lowest BCUT2D eigenvalue weighted by atomic mass is 9.81. The Morgan fingerprint density at radius 3 is 2.43 bits per heavy atom. The van der Waals surface area contributed by atoms with Gasteiger partial charge in [-0.3, -0.25) is 9.78 Å². The third kappa shape index (κ3) is 5.68. The third-order valence-corrected chi connectivity index (χ3v) is 7.89. The Morgan fingerprint density at radius 2 is 1.73 bits per heavy atom. The molecule has 0 atom stereocenters. The van der Waals surface area contributed by atoms with Gasteiger partial charge in [0.2, 0.25) is 5.91 Å². The van der Waals surface area contributed by atoms with Gasteiger partial charge >= 0.3 is 6.18 Å². The molecular formula is C29H33F3N4O. The summed E-state index contributed by atoms with van der Waals surface area (Å²) in [5.74, 6) is 0.805. The van der Waals surface area contributed by atoms with E-state index in [1.165, 1.54) is 17.3 Å². The van der Waals surface area contributed by atoms with E-state index in [0.29, 0.717) is 16.8 Å². The van der Waals surface area contributed by atoms with E-state index >= 15 is 0 Å². The van der Waals surface area contributed by atoms with Crippen LogP contribution in [-0.2, 0) is 11.0 Å². The van der Waals surface area contributed by atoms with Gasteiger partial charge in [-0.25, -0.2) is 0 Å². The molecule has 0 unspecified atom stereocenters. The number of carbonyl (C=O) groups is 1. The van der Waals surface area contributed by atoms with E-state index in [-0.39, 0.29) is 11.8 Å². The molecule has 1 N–H and O–H groups in total. The number of hydrogen-bond donors (Lipinski definition) is 1.